The van der Waals surface area contributed by atoms with Crippen LogP contribution in [0.4, 0.5) is 17.1 Å². The van der Waals surface area contributed by atoms with Gasteiger partial charge in [0.1, 0.15) is 0 Å². The molecule has 3 aliphatic heterocycles. The summed E-state index contributed by atoms with van der Waals surface area (Å²) in [5.74, 6) is 0. The first kappa shape index (κ1) is 11.3. The molecule has 0 amide bonds. The molecule has 0 spiro atoms. The van der Waals surface area contributed by atoms with Gasteiger partial charge < -0.3 is 4.90 Å². The van der Waals surface area contributed by atoms with Gasteiger partial charge in [0, 0.05) is 17.1 Å². The van der Waals surface area contributed by atoms with Crippen molar-refractivity contribution in [1.82, 2.24) is 0 Å². The van der Waals surface area contributed by atoms with Gasteiger partial charge in [0.25, 0.3) is 0 Å². The standard InChI is InChI=1S/C18H9B3N/c1-4-10-16-11(5-1)20-13-7-3-9-15-18(13)22(16)17-12(19-10)6-2-8-14(17)21-15/h1-9H. The maximum absolute atomic E-state index is 2.47. The number of hydrogen-bond donors (Lipinski definition) is 0. The van der Waals surface area contributed by atoms with Crippen molar-refractivity contribution in [3.63, 3.8) is 0 Å². The fourth-order valence-corrected chi connectivity index (χ4v) is 4.05. The van der Waals surface area contributed by atoms with E-state index in [1.807, 2.05) is 0 Å². The van der Waals surface area contributed by atoms with Crippen LogP contribution in [0.25, 0.3) is 0 Å². The smallest absolute Gasteiger partial charge is 0.196 e. The summed E-state index contributed by atoms with van der Waals surface area (Å²) in [6.07, 6.45) is 0. The molecule has 0 N–H and O–H groups in total. The van der Waals surface area contributed by atoms with Crippen LogP contribution in [0.3, 0.4) is 0 Å². The van der Waals surface area contributed by atoms with Gasteiger partial charge in [-0.25, -0.2) is 0 Å². The highest BCUT2D eigenvalue weighted by molar-refractivity contribution is 6.82. The lowest BCUT2D eigenvalue weighted by atomic mass is 9.48. The molecule has 0 atom stereocenters. The highest BCUT2D eigenvalue weighted by atomic mass is 15.2. The molecule has 3 aromatic carbocycles. The average molecular weight is 272 g/mol. The van der Waals surface area contributed by atoms with Crippen molar-refractivity contribution < 1.29 is 0 Å². The summed E-state index contributed by atoms with van der Waals surface area (Å²) in [6, 6.07) is 19.8. The second kappa shape index (κ2) is 3.70. The molecule has 3 aliphatic rings. The summed E-state index contributed by atoms with van der Waals surface area (Å²) in [5, 5.41) is 0. The molecule has 4 heteroatoms. The maximum atomic E-state index is 2.47. The third-order valence-electron chi connectivity index (χ3n) is 4.90. The molecule has 1 nitrogen and oxygen atoms in total. The van der Waals surface area contributed by atoms with E-state index in [9.17, 15) is 0 Å². The molecule has 95 valence electrons. The molecule has 3 heterocycles. The highest BCUT2D eigenvalue weighted by Crippen LogP contribution is 2.34. The van der Waals surface area contributed by atoms with Crippen LogP contribution < -0.4 is 37.7 Å². The molecule has 3 aromatic rings. The van der Waals surface area contributed by atoms with Crippen LogP contribution in [0.15, 0.2) is 54.6 Å². The van der Waals surface area contributed by atoms with Crippen molar-refractivity contribution in [1.29, 1.82) is 0 Å². The van der Waals surface area contributed by atoms with Crippen LogP contribution in [-0.4, -0.2) is 21.8 Å². The van der Waals surface area contributed by atoms with Crippen LogP contribution in [-0.2, 0) is 0 Å². The molecule has 0 bridgehead atoms. The Kier molecular flexibility index (Phi) is 1.89. The van der Waals surface area contributed by atoms with E-state index in [1.54, 1.807) is 0 Å². The van der Waals surface area contributed by atoms with Crippen molar-refractivity contribution in [3.8, 4) is 0 Å². The van der Waals surface area contributed by atoms with Gasteiger partial charge in [0.15, 0.2) is 21.8 Å². The zero-order valence-electron chi connectivity index (χ0n) is 11.9. The van der Waals surface area contributed by atoms with Crippen LogP contribution >= 0.6 is 0 Å². The van der Waals surface area contributed by atoms with Crippen LogP contribution in [0.5, 0.6) is 0 Å². The molecule has 0 fully saturated rings. The van der Waals surface area contributed by atoms with Gasteiger partial charge in [-0.3, -0.25) is 0 Å². The Bertz CT molecular complexity index is 792. The predicted octanol–water partition coefficient (Wildman–Crippen LogP) is -0.938. The molecule has 22 heavy (non-hydrogen) atoms. The summed E-state index contributed by atoms with van der Waals surface area (Å²) in [6.45, 7) is 0. The van der Waals surface area contributed by atoms with E-state index < -0.39 is 0 Å². The van der Waals surface area contributed by atoms with Crippen LogP contribution in [0.2, 0.25) is 0 Å². The van der Waals surface area contributed by atoms with Crippen molar-refractivity contribution in [3.05, 3.63) is 54.6 Å². The quantitative estimate of drug-likeness (QED) is 0.323. The van der Waals surface area contributed by atoms with E-state index in [-0.39, 0.29) is 0 Å². The lowest BCUT2D eigenvalue weighted by molar-refractivity contribution is 1.32. The zero-order chi connectivity index (χ0) is 14.3. The first-order valence-electron chi connectivity index (χ1n) is 7.63. The summed E-state index contributed by atoms with van der Waals surface area (Å²) in [7, 11) is 6.94. The van der Waals surface area contributed by atoms with Crippen molar-refractivity contribution >= 4 is 71.7 Å². The van der Waals surface area contributed by atoms with Gasteiger partial charge in [-0.05, 0) is 0 Å². The molecule has 0 unspecified atom stereocenters. The molecular weight excluding hydrogens is 263 g/mol. The number of hydrogen-bond acceptors (Lipinski definition) is 1. The first-order chi connectivity index (χ1) is 10.9. The number of nitrogens with zero attached hydrogens (tertiary/aromatic N) is 1. The SMILES string of the molecule is [B]1c2cccc3c2N2c4c1cccc4[B]c1cccc(c12)[B]3. The lowest BCUT2D eigenvalue weighted by Gasteiger charge is -2.44. The largest absolute Gasteiger partial charge is 0.314 e. The number of rotatable bonds is 0. The monoisotopic (exact) mass is 272 g/mol. The Morgan fingerprint density at radius 1 is 0.455 bits per heavy atom. The van der Waals surface area contributed by atoms with Gasteiger partial charge in [-0.15, -0.1) is 0 Å². The second-order valence-corrected chi connectivity index (χ2v) is 6.12. The Hall–Kier alpha value is -2.35. The Balaban J connectivity index is 1.80. The minimum Gasteiger partial charge on any atom is -0.314 e. The second-order valence-electron chi connectivity index (χ2n) is 6.12. The predicted molar refractivity (Wildman–Crippen MR) is 96.2 cm³/mol. The minimum absolute atomic E-state index is 1.31. The molecule has 6 rings (SSSR count). The molecule has 0 aromatic heterocycles. The Labute approximate surface area is 131 Å². The Morgan fingerprint density at radius 3 is 1.00 bits per heavy atom. The normalized spacial score (nSPS) is 14.5. The summed E-state index contributed by atoms with van der Waals surface area (Å²) in [4.78, 5) is 2.47. The maximum Gasteiger partial charge on any atom is 0.196 e. The lowest BCUT2D eigenvalue weighted by Crippen LogP contribution is -2.57. The van der Waals surface area contributed by atoms with Crippen molar-refractivity contribution in [2.75, 3.05) is 4.90 Å². The fraction of sp³-hybridized carbons (Fsp3) is 0. The molecule has 0 saturated heterocycles. The zero-order valence-corrected chi connectivity index (χ0v) is 11.9. The van der Waals surface area contributed by atoms with Gasteiger partial charge in [0.2, 0.25) is 0 Å². The van der Waals surface area contributed by atoms with E-state index in [2.05, 4.69) is 81.3 Å². The third-order valence-corrected chi connectivity index (χ3v) is 4.90. The number of benzene rings is 3. The van der Waals surface area contributed by atoms with Gasteiger partial charge in [-0.2, -0.15) is 0 Å². The third kappa shape index (κ3) is 1.21. The van der Waals surface area contributed by atoms with Crippen LogP contribution in [0.1, 0.15) is 0 Å². The van der Waals surface area contributed by atoms with E-state index in [1.165, 1.54) is 49.8 Å². The van der Waals surface area contributed by atoms with E-state index in [0.29, 0.717) is 0 Å². The highest BCUT2D eigenvalue weighted by Gasteiger charge is 2.36. The topological polar surface area (TPSA) is 3.24 Å². The van der Waals surface area contributed by atoms with E-state index in [0.717, 1.165) is 0 Å². The summed E-state index contributed by atoms with van der Waals surface area (Å²) >= 11 is 0. The van der Waals surface area contributed by atoms with Crippen molar-refractivity contribution in [2.24, 2.45) is 0 Å². The fourth-order valence-electron chi connectivity index (χ4n) is 4.05. The summed E-state index contributed by atoms with van der Waals surface area (Å²) < 4.78 is 0. The van der Waals surface area contributed by atoms with Crippen LogP contribution in [0, 0.1) is 0 Å². The first-order valence-corrected chi connectivity index (χ1v) is 7.63. The van der Waals surface area contributed by atoms with Crippen molar-refractivity contribution in [2.45, 2.75) is 0 Å². The average Bonchev–Trinajstić information content (AvgIpc) is 2.55. The molecule has 3 radical (unpaired) electrons. The van der Waals surface area contributed by atoms with Gasteiger partial charge in [0.05, 0.1) is 0 Å². The molecular formula is C18H9B3N. The van der Waals surface area contributed by atoms with E-state index in [4.69, 9.17) is 0 Å². The minimum atomic E-state index is 1.31. The van der Waals surface area contributed by atoms with E-state index >= 15 is 0 Å². The number of para-hydroxylation sites is 3. The van der Waals surface area contributed by atoms with Gasteiger partial charge >= 0.3 is 0 Å². The Morgan fingerprint density at radius 2 is 0.727 bits per heavy atom. The number of anilines is 3. The van der Waals surface area contributed by atoms with Gasteiger partial charge in [-0.1, -0.05) is 87.4 Å². The molecule has 0 saturated carbocycles. The molecule has 0 aliphatic carbocycles. The summed E-state index contributed by atoms with van der Waals surface area (Å²) in [5.41, 5.74) is 11.8.